The van der Waals surface area contributed by atoms with Gasteiger partial charge in [0.25, 0.3) is 5.91 Å². The van der Waals surface area contributed by atoms with Crippen molar-refractivity contribution in [2.45, 2.75) is 13.0 Å². The fourth-order valence-corrected chi connectivity index (χ4v) is 2.87. The molecule has 6 heteroatoms. The Morgan fingerprint density at radius 1 is 1.50 bits per heavy atom. The number of ether oxygens (including phenoxy) is 1. The molecule has 20 heavy (non-hydrogen) atoms. The first-order valence-electron chi connectivity index (χ1n) is 5.97. The van der Waals surface area contributed by atoms with Gasteiger partial charge in [-0.25, -0.2) is 0 Å². The van der Waals surface area contributed by atoms with E-state index >= 15 is 0 Å². The van der Waals surface area contributed by atoms with E-state index in [4.69, 9.17) is 16.3 Å². The Morgan fingerprint density at radius 2 is 2.30 bits per heavy atom. The number of rotatable bonds is 5. The van der Waals surface area contributed by atoms with Crippen molar-refractivity contribution in [3.05, 3.63) is 50.1 Å². The van der Waals surface area contributed by atoms with Gasteiger partial charge < -0.3 is 10.1 Å². The van der Waals surface area contributed by atoms with Crippen molar-refractivity contribution < 1.29 is 9.53 Å². The van der Waals surface area contributed by atoms with Crippen LogP contribution in [0.15, 0.2) is 40.2 Å². The molecule has 2 aromatic rings. The number of carbonyl (C=O) groups excluding carboxylic acids is 1. The molecule has 0 bridgehead atoms. The van der Waals surface area contributed by atoms with Crippen molar-refractivity contribution in [2.24, 2.45) is 0 Å². The maximum atomic E-state index is 11.8. The van der Waals surface area contributed by atoms with E-state index in [9.17, 15) is 4.79 Å². The molecule has 0 fully saturated rings. The molecular formula is C14H13BrClNO2S. The molecule has 0 saturated heterocycles. The summed E-state index contributed by atoms with van der Waals surface area (Å²) in [6, 6.07) is 9.19. The summed E-state index contributed by atoms with van der Waals surface area (Å²) in [5.74, 6) is 0.307. The smallest absolute Gasteiger partial charge is 0.258 e. The Balaban J connectivity index is 1.87. The fraction of sp³-hybridized carbons (Fsp3) is 0.214. The number of benzene rings is 1. The van der Waals surface area contributed by atoms with E-state index < -0.39 is 0 Å². The highest BCUT2D eigenvalue weighted by molar-refractivity contribution is 9.10. The summed E-state index contributed by atoms with van der Waals surface area (Å²) in [4.78, 5) is 12.9. The van der Waals surface area contributed by atoms with Gasteiger partial charge >= 0.3 is 0 Å². The normalized spacial score (nSPS) is 11.9. The topological polar surface area (TPSA) is 38.3 Å². The Morgan fingerprint density at radius 3 is 3.00 bits per heavy atom. The van der Waals surface area contributed by atoms with Crippen LogP contribution in [0.4, 0.5) is 0 Å². The number of nitrogens with one attached hydrogen (secondary N) is 1. The third-order valence-corrected chi connectivity index (χ3v) is 4.46. The molecule has 1 aromatic carbocycles. The molecule has 0 radical (unpaired) electrons. The highest BCUT2D eigenvalue weighted by atomic mass is 79.9. The summed E-state index contributed by atoms with van der Waals surface area (Å²) >= 11 is 10.9. The van der Waals surface area contributed by atoms with E-state index in [2.05, 4.69) is 21.2 Å². The van der Waals surface area contributed by atoms with Crippen LogP contribution in [0, 0.1) is 0 Å². The highest BCUT2D eigenvalue weighted by Gasteiger charge is 2.11. The summed E-state index contributed by atoms with van der Waals surface area (Å²) in [5, 5.41) is 5.34. The molecule has 1 unspecified atom stereocenters. The minimum atomic E-state index is -0.179. The maximum absolute atomic E-state index is 11.8. The van der Waals surface area contributed by atoms with Gasteiger partial charge in [-0.2, -0.15) is 0 Å². The minimum absolute atomic E-state index is 0.0240. The summed E-state index contributed by atoms with van der Waals surface area (Å²) in [5.41, 5.74) is 0. The molecule has 0 saturated carbocycles. The lowest BCUT2D eigenvalue weighted by atomic mass is 10.3. The SMILES string of the molecule is CC(NC(=O)COc1cc(Br)ccc1Cl)c1cccs1. The van der Waals surface area contributed by atoms with E-state index in [1.165, 1.54) is 0 Å². The predicted octanol–water partition coefficient (Wildman–Crippen LogP) is 4.42. The number of thiophene rings is 1. The van der Waals surface area contributed by atoms with E-state index in [0.29, 0.717) is 10.8 Å². The van der Waals surface area contributed by atoms with Gasteiger partial charge in [0.1, 0.15) is 5.75 Å². The van der Waals surface area contributed by atoms with Crippen LogP contribution in [-0.4, -0.2) is 12.5 Å². The van der Waals surface area contributed by atoms with Crippen molar-refractivity contribution in [1.82, 2.24) is 5.32 Å². The molecule has 1 amide bonds. The monoisotopic (exact) mass is 373 g/mol. The van der Waals surface area contributed by atoms with Crippen LogP contribution < -0.4 is 10.1 Å². The molecule has 1 atom stereocenters. The van der Waals surface area contributed by atoms with Crippen molar-refractivity contribution in [1.29, 1.82) is 0 Å². The number of halogens is 2. The molecule has 1 N–H and O–H groups in total. The standard InChI is InChI=1S/C14H13BrClNO2S/c1-9(13-3-2-6-20-13)17-14(18)8-19-12-7-10(15)4-5-11(12)16/h2-7,9H,8H2,1H3,(H,17,18). The summed E-state index contributed by atoms with van der Waals surface area (Å²) in [6.07, 6.45) is 0. The molecule has 3 nitrogen and oxygen atoms in total. The van der Waals surface area contributed by atoms with Gasteiger partial charge in [0.2, 0.25) is 0 Å². The molecule has 106 valence electrons. The zero-order chi connectivity index (χ0) is 14.5. The van der Waals surface area contributed by atoms with E-state index in [0.717, 1.165) is 9.35 Å². The van der Waals surface area contributed by atoms with Crippen LogP contribution in [0.1, 0.15) is 17.8 Å². The Bertz CT molecular complexity index is 589. The zero-order valence-electron chi connectivity index (χ0n) is 10.7. The molecular weight excluding hydrogens is 362 g/mol. The predicted molar refractivity (Wildman–Crippen MR) is 85.5 cm³/mol. The first-order chi connectivity index (χ1) is 9.56. The Labute approximate surface area is 135 Å². The molecule has 0 aliphatic rings. The fourth-order valence-electron chi connectivity index (χ4n) is 1.62. The lowest BCUT2D eigenvalue weighted by Gasteiger charge is -2.13. The number of hydrogen-bond donors (Lipinski definition) is 1. The van der Waals surface area contributed by atoms with Crippen LogP contribution in [-0.2, 0) is 4.79 Å². The number of hydrogen-bond acceptors (Lipinski definition) is 3. The quantitative estimate of drug-likeness (QED) is 0.841. The molecule has 0 aliphatic carbocycles. The Hall–Kier alpha value is -1.04. The van der Waals surface area contributed by atoms with Gasteiger partial charge in [0, 0.05) is 9.35 Å². The number of carbonyl (C=O) groups is 1. The Kier molecular flexibility index (Phi) is 5.46. The average Bonchev–Trinajstić information content (AvgIpc) is 2.94. The first kappa shape index (κ1) is 15.4. The second-order valence-corrected chi connectivity index (χ2v) is 6.47. The van der Waals surface area contributed by atoms with Crippen LogP contribution in [0.2, 0.25) is 5.02 Å². The summed E-state index contributed by atoms with van der Waals surface area (Å²) in [6.45, 7) is 1.88. The molecule has 0 spiro atoms. The van der Waals surface area contributed by atoms with Gasteiger partial charge in [-0.15, -0.1) is 11.3 Å². The molecule has 0 aliphatic heterocycles. The largest absolute Gasteiger partial charge is 0.482 e. The summed E-state index contributed by atoms with van der Waals surface area (Å²) < 4.78 is 6.28. The zero-order valence-corrected chi connectivity index (χ0v) is 13.9. The van der Waals surface area contributed by atoms with Crippen molar-refractivity contribution in [2.75, 3.05) is 6.61 Å². The maximum Gasteiger partial charge on any atom is 0.258 e. The minimum Gasteiger partial charge on any atom is -0.482 e. The summed E-state index contributed by atoms with van der Waals surface area (Å²) in [7, 11) is 0. The van der Waals surface area contributed by atoms with Crippen molar-refractivity contribution >= 4 is 44.8 Å². The van der Waals surface area contributed by atoms with Crippen LogP contribution in [0.25, 0.3) is 0 Å². The lowest BCUT2D eigenvalue weighted by molar-refractivity contribution is -0.123. The van der Waals surface area contributed by atoms with Crippen LogP contribution >= 0.6 is 38.9 Å². The van der Waals surface area contributed by atoms with Crippen LogP contribution in [0.5, 0.6) is 5.75 Å². The van der Waals surface area contributed by atoms with Gasteiger partial charge in [0.05, 0.1) is 11.1 Å². The van der Waals surface area contributed by atoms with E-state index in [1.54, 1.807) is 23.5 Å². The highest BCUT2D eigenvalue weighted by Crippen LogP contribution is 2.27. The van der Waals surface area contributed by atoms with Crippen molar-refractivity contribution in [3.8, 4) is 5.75 Å². The van der Waals surface area contributed by atoms with E-state index in [1.807, 2.05) is 30.5 Å². The average molecular weight is 375 g/mol. The van der Waals surface area contributed by atoms with Crippen molar-refractivity contribution in [3.63, 3.8) is 0 Å². The van der Waals surface area contributed by atoms with Gasteiger partial charge in [-0.05, 0) is 36.6 Å². The third kappa shape index (κ3) is 4.23. The number of amides is 1. The second-order valence-electron chi connectivity index (χ2n) is 4.17. The third-order valence-electron chi connectivity index (χ3n) is 2.60. The van der Waals surface area contributed by atoms with Gasteiger partial charge in [-0.1, -0.05) is 33.6 Å². The molecule has 2 rings (SSSR count). The van der Waals surface area contributed by atoms with E-state index in [-0.39, 0.29) is 18.6 Å². The first-order valence-corrected chi connectivity index (χ1v) is 8.02. The van der Waals surface area contributed by atoms with Gasteiger partial charge in [-0.3, -0.25) is 4.79 Å². The van der Waals surface area contributed by atoms with Crippen LogP contribution in [0.3, 0.4) is 0 Å². The molecule has 1 heterocycles. The second kappa shape index (κ2) is 7.11. The van der Waals surface area contributed by atoms with Gasteiger partial charge in [0.15, 0.2) is 6.61 Å². The molecule has 1 aromatic heterocycles. The lowest BCUT2D eigenvalue weighted by Crippen LogP contribution is -2.30.